The van der Waals surface area contributed by atoms with Crippen molar-refractivity contribution in [3.05, 3.63) is 65.7 Å². The van der Waals surface area contributed by atoms with Crippen LogP contribution in [0.5, 0.6) is 0 Å². The van der Waals surface area contributed by atoms with Crippen molar-refractivity contribution in [1.29, 1.82) is 0 Å². The van der Waals surface area contributed by atoms with Crippen molar-refractivity contribution in [2.75, 3.05) is 5.73 Å². The number of anilines is 1. The zero-order chi connectivity index (χ0) is 14.4. The van der Waals surface area contributed by atoms with Gasteiger partial charge in [-0.15, -0.1) is 0 Å². The Morgan fingerprint density at radius 2 is 1.70 bits per heavy atom. The van der Waals surface area contributed by atoms with E-state index >= 15 is 0 Å². The normalized spacial score (nSPS) is 11.8. The molecule has 0 saturated heterocycles. The monoisotopic (exact) mass is 268 g/mol. The van der Waals surface area contributed by atoms with Crippen LogP contribution >= 0.6 is 0 Å². The van der Waals surface area contributed by atoms with Crippen LogP contribution in [0.2, 0.25) is 0 Å². The molecule has 0 aliphatic rings. The number of nitrogens with two attached hydrogens (primary N) is 1. The van der Waals surface area contributed by atoms with E-state index in [1.165, 1.54) is 5.56 Å². The molecule has 0 bridgehead atoms. The minimum atomic E-state index is 0.0548. The number of carbonyl (C=O) groups excluding carboxylic acids is 1. The maximum absolute atomic E-state index is 11.9. The van der Waals surface area contributed by atoms with Gasteiger partial charge in [0.25, 0.3) is 0 Å². The summed E-state index contributed by atoms with van der Waals surface area (Å²) in [6.07, 6.45) is 1.23. The molecule has 0 aliphatic heterocycles. The molecule has 0 aliphatic carbocycles. The Morgan fingerprint density at radius 3 is 2.35 bits per heavy atom. The van der Waals surface area contributed by atoms with Crippen LogP contribution in [-0.4, -0.2) is 11.9 Å². The van der Waals surface area contributed by atoms with Crippen LogP contribution in [0.15, 0.2) is 54.6 Å². The molecular weight excluding hydrogens is 248 g/mol. The molecule has 0 saturated carbocycles. The first-order chi connectivity index (χ1) is 9.63. The lowest BCUT2D eigenvalue weighted by Crippen LogP contribution is -2.35. The molecular formula is C17H20N2O. The molecule has 1 amide bonds. The highest BCUT2D eigenvalue weighted by atomic mass is 16.1. The lowest BCUT2D eigenvalue weighted by Gasteiger charge is -2.14. The summed E-state index contributed by atoms with van der Waals surface area (Å²) in [6, 6.07) is 17.6. The summed E-state index contributed by atoms with van der Waals surface area (Å²) in [5, 5.41) is 3.02. The third-order valence-electron chi connectivity index (χ3n) is 3.14. The summed E-state index contributed by atoms with van der Waals surface area (Å²) in [7, 11) is 0. The molecule has 2 aromatic rings. The van der Waals surface area contributed by atoms with Crippen molar-refractivity contribution >= 4 is 11.6 Å². The highest BCUT2D eigenvalue weighted by Gasteiger charge is 2.08. The van der Waals surface area contributed by atoms with Gasteiger partial charge in [-0.1, -0.05) is 42.5 Å². The Kier molecular flexibility index (Phi) is 4.77. The van der Waals surface area contributed by atoms with E-state index in [1.54, 1.807) is 0 Å². The predicted molar refractivity (Wildman–Crippen MR) is 82.3 cm³/mol. The van der Waals surface area contributed by atoms with Gasteiger partial charge >= 0.3 is 0 Å². The van der Waals surface area contributed by atoms with Crippen LogP contribution in [0, 0.1) is 0 Å². The van der Waals surface area contributed by atoms with Crippen LogP contribution in [0.4, 0.5) is 5.69 Å². The second-order valence-electron chi connectivity index (χ2n) is 5.08. The number of hydrogen-bond donors (Lipinski definition) is 2. The topological polar surface area (TPSA) is 55.1 Å². The van der Waals surface area contributed by atoms with E-state index in [0.29, 0.717) is 6.42 Å². The summed E-state index contributed by atoms with van der Waals surface area (Å²) in [5.41, 5.74) is 8.62. The molecule has 0 unspecified atom stereocenters. The van der Waals surface area contributed by atoms with E-state index in [1.807, 2.05) is 61.5 Å². The Morgan fingerprint density at radius 1 is 1.05 bits per heavy atom. The Hall–Kier alpha value is -2.29. The fourth-order valence-electron chi connectivity index (χ4n) is 2.17. The Bertz CT molecular complexity index is 549. The molecule has 0 radical (unpaired) electrons. The Labute approximate surface area is 119 Å². The van der Waals surface area contributed by atoms with E-state index in [-0.39, 0.29) is 11.9 Å². The van der Waals surface area contributed by atoms with Crippen molar-refractivity contribution in [3.63, 3.8) is 0 Å². The quantitative estimate of drug-likeness (QED) is 0.819. The highest BCUT2D eigenvalue weighted by Crippen LogP contribution is 2.08. The standard InChI is InChI=1S/C17H20N2O/c1-13(11-15-7-9-16(18)10-8-15)19-17(20)12-14-5-3-2-4-6-14/h2-10,13H,11-12,18H2,1H3,(H,19,20)/t13-/m1/s1. The zero-order valence-corrected chi connectivity index (χ0v) is 11.7. The van der Waals surface area contributed by atoms with Gasteiger partial charge in [0.2, 0.25) is 5.91 Å². The number of nitrogens with one attached hydrogen (secondary N) is 1. The maximum atomic E-state index is 11.9. The first-order valence-corrected chi connectivity index (χ1v) is 6.81. The molecule has 1 atom stereocenters. The van der Waals surface area contributed by atoms with Crippen molar-refractivity contribution < 1.29 is 4.79 Å². The maximum Gasteiger partial charge on any atom is 0.224 e. The van der Waals surface area contributed by atoms with E-state index < -0.39 is 0 Å². The highest BCUT2D eigenvalue weighted by molar-refractivity contribution is 5.78. The van der Waals surface area contributed by atoms with Gasteiger partial charge in [0.05, 0.1) is 6.42 Å². The fraction of sp³-hybridized carbons (Fsp3) is 0.235. The van der Waals surface area contributed by atoms with Gasteiger partial charge in [0.15, 0.2) is 0 Å². The molecule has 0 fully saturated rings. The molecule has 3 heteroatoms. The third-order valence-corrected chi connectivity index (χ3v) is 3.14. The lowest BCUT2D eigenvalue weighted by molar-refractivity contribution is -0.121. The van der Waals surface area contributed by atoms with Gasteiger partial charge in [0.1, 0.15) is 0 Å². The molecule has 0 aromatic heterocycles. The average molecular weight is 268 g/mol. The van der Waals surface area contributed by atoms with Crippen LogP contribution in [-0.2, 0) is 17.6 Å². The summed E-state index contributed by atoms with van der Waals surface area (Å²) >= 11 is 0. The first kappa shape index (κ1) is 14.1. The lowest BCUT2D eigenvalue weighted by atomic mass is 10.1. The molecule has 3 N–H and O–H groups in total. The van der Waals surface area contributed by atoms with Crippen LogP contribution in [0.3, 0.4) is 0 Å². The van der Waals surface area contributed by atoms with Gasteiger partial charge < -0.3 is 11.1 Å². The largest absolute Gasteiger partial charge is 0.399 e. The van der Waals surface area contributed by atoms with Gasteiger partial charge in [-0.25, -0.2) is 0 Å². The number of nitrogen functional groups attached to an aromatic ring is 1. The average Bonchev–Trinajstić information content (AvgIpc) is 2.42. The van der Waals surface area contributed by atoms with Crippen LogP contribution in [0.1, 0.15) is 18.1 Å². The number of rotatable bonds is 5. The molecule has 3 nitrogen and oxygen atoms in total. The predicted octanol–water partition coefficient (Wildman–Crippen LogP) is 2.56. The molecule has 104 valence electrons. The number of benzene rings is 2. The second-order valence-corrected chi connectivity index (χ2v) is 5.08. The zero-order valence-electron chi connectivity index (χ0n) is 11.7. The van der Waals surface area contributed by atoms with Gasteiger partial charge in [-0.05, 0) is 36.6 Å². The van der Waals surface area contributed by atoms with Gasteiger partial charge in [-0.3, -0.25) is 4.79 Å². The van der Waals surface area contributed by atoms with E-state index in [9.17, 15) is 4.79 Å². The van der Waals surface area contributed by atoms with Crippen molar-refractivity contribution in [2.24, 2.45) is 0 Å². The SMILES string of the molecule is C[C@H](Cc1ccc(N)cc1)NC(=O)Cc1ccccc1. The van der Waals surface area contributed by atoms with E-state index in [4.69, 9.17) is 5.73 Å². The number of amides is 1. The summed E-state index contributed by atoms with van der Waals surface area (Å²) in [5.74, 6) is 0.0548. The summed E-state index contributed by atoms with van der Waals surface area (Å²) in [4.78, 5) is 11.9. The minimum absolute atomic E-state index is 0.0548. The minimum Gasteiger partial charge on any atom is -0.399 e. The van der Waals surface area contributed by atoms with Crippen LogP contribution in [0.25, 0.3) is 0 Å². The smallest absolute Gasteiger partial charge is 0.224 e. The molecule has 2 rings (SSSR count). The van der Waals surface area contributed by atoms with E-state index in [2.05, 4.69) is 5.32 Å². The molecule has 0 heterocycles. The Balaban J connectivity index is 1.83. The summed E-state index contributed by atoms with van der Waals surface area (Å²) in [6.45, 7) is 2.01. The van der Waals surface area contributed by atoms with E-state index in [0.717, 1.165) is 17.7 Å². The van der Waals surface area contributed by atoms with Gasteiger partial charge in [-0.2, -0.15) is 0 Å². The van der Waals surface area contributed by atoms with Crippen molar-refractivity contribution in [1.82, 2.24) is 5.32 Å². The number of hydrogen-bond acceptors (Lipinski definition) is 2. The second kappa shape index (κ2) is 6.75. The molecule has 20 heavy (non-hydrogen) atoms. The van der Waals surface area contributed by atoms with Gasteiger partial charge in [0, 0.05) is 11.7 Å². The van der Waals surface area contributed by atoms with Crippen molar-refractivity contribution in [2.45, 2.75) is 25.8 Å². The third kappa shape index (κ3) is 4.43. The molecule has 0 spiro atoms. The van der Waals surface area contributed by atoms with Crippen molar-refractivity contribution in [3.8, 4) is 0 Å². The molecule has 2 aromatic carbocycles. The number of carbonyl (C=O) groups is 1. The van der Waals surface area contributed by atoms with Crippen LogP contribution < -0.4 is 11.1 Å². The fourth-order valence-corrected chi connectivity index (χ4v) is 2.17. The summed E-state index contributed by atoms with van der Waals surface area (Å²) < 4.78 is 0. The first-order valence-electron chi connectivity index (χ1n) is 6.81.